The van der Waals surface area contributed by atoms with Gasteiger partial charge in [-0.3, -0.25) is 0 Å². The Morgan fingerprint density at radius 3 is 2.30 bits per heavy atom. The third-order valence-electron chi connectivity index (χ3n) is 5.19. The number of aryl methyl sites for hydroxylation is 1. The molecule has 0 amide bonds. The average Bonchev–Trinajstić information content (AvgIpc) is 2.65. The summed E-state index contributed by atoms with van der Waals surface area (Å²) in [4.78, 5) is 2.18. The Kier molecular flexibility index (Phi) is 6.37. The van der Waals surface area contributed by atoms with Gasteiger partial charge in [-0.2, -0.15) is 0 Å². The normalized spacial score (nSPS) is 18.2. The van der Waals surface area contributed by atoms with Crippen molar-refractivity contribution in [2.75, 3.05) is 26.2 Å². The first-order valence-corrected chi connectivity index (χ1v) is 9.52. The first-order chi connectivity index (χ1) is 12.9. The molecular weight excluding hydrogens is 342 g/mol. The number of β-amino-alcohol motifs (C(OH)–C–C–N with tert-alkyl or cyclic N) is 1. The number of aromatic hydroxyl groups is 1. The van der Waals surface area contributed by atoms with E-state index < -0.39 is 11.7 Å². The Balaban J connectivity index is 1.41. The second-order valence-corrected chi connectivity index (χ2v) is 7.65. The molecule has 27 heavy (non-hydrogen) atoms. The molecule has 0 spiro atoms. The number of aliphatic hydroxyl groups is 2. The molecule has 1 unspecified atom stereocenters. The summed E-state index contributed by atoms with van der Waals surface area (Å²) in [6.07, 6.45) is 1.48. The maximum atomic E-state index is 10.9. The molecule has 146 valence electrons. The largest absolute Gasteiger partial charge is 0.508 e. The Morgan fingerprint density at radius 1 is 1.04 bits per heavy atom. The van der Waals surface area contributed by atoms with Gasteiger partial charge in [0.05, 0.1) is 5.60 Å². The number of piperidine rings is 1. The highest BCUT2D eigenvalue weighted by atomic mass is 16.5. The molecule has 1 fully saturated rings. The fourth-order valence-corrected chi connectivity index (χ4v) is 3.50. The number of ether oxygens (including phenoxy) is 1. The second-order valence-electron chi connectivity index (χ2n) is 7.65. The molecule has 2 aromatic rings. The fraction of sp³-hybridized carbons (Fsp3) is 0.455. The maximum absolute atomic E-state index is 10.9. The first kappa shape index (κ1) is 19.7. The van der Waals surface area contributed by atoms with Crippen LogP contribution in [0.5, 0.6) is 11.5 Å². The molecule has 3 rings (SSSR count). The summed E-state index contributed by atoms with van der Waals surface area (Å²) in [6, 6.07) is 14.8. The van der Waals surface area contributed by atoms with Crippen molar-refractivity contribution >= 4 is 0 Å². The van der Waals surface area contributed by atoms with Crippen LogP contribution >= 0.6 is 0 Å². The van der Waals surface area contributed by atoms with Crippen LogP contribution in [-0.2, 0) is 6.42 Å². The van der Waals surface area contributed by atoms with Crippen molar-refractivity contribution in [3.63, 3.8) is 0 Å². The van der Waals surface area contributed by atoms with Crippen molar-refractivity contribution in [1.29, 1.82) is 0 Å². The minimum absolute atomic E-state index is 0.189. The molecule has 2 aromatic carbocycles. The van der Waals surface area contributed by atoms with Gasteiger partial charge in [-0.15, -0.1) is 0 Å². The molecule has 5 nitrogen and oxygen atoms in total. The first-order valence-electron chi connectivity index (χ1n) is 9.52. The van der Waals surface area contributed by atoms with Crippen LogP contribution < -0.4 is 4.74 Å². The predicted octanol–water partition coefficient (Wildman–Crippen LogP) is 2.51. The monoisotopic (exact) mass is 371 g/mol. The highest BCUT2D eigenvalue weighted by Crippen LogP contribution is 2.26. The molecule has 3 N–H and O–H groups in total. The number of rotatable bonds is 7. The number of benzene rings is 2. The van der Waals surface area contributed by atoms with Gasteiger partial charge in [0.15, 0.2) is 0 Å². The lowest BCUT2D eigenvalue weighted by Gasteiger charge is -2.39. The van der Waals surface area contributed by atoms with Crippen molar-refractivity contribution in [3.8, 4) is 11.5 Å². The van der Waals surface area contributed by atoms with Gasteiger partial charge in [0.2, 0.25) is 0 Å². The number of hydrogen-bond acceptors (Lipinski definition) is 5. The Labute approximate surface area is 160 Å². The summed E-state index contributed by atoms with van der Waals surface area (Å²) in [6.45, 7) is 4.32. The summed E-state index contributed by atoms with van der Waals surface area (Å²) in [5.74, 6) is 0.812. The van der Waals surface area contributed by atoms with Crippen molar-refractivity contribution in [1.82, 2.24) is 4.90 Å². The van der Waals surface area contributed by atoms with E-state index >= 15 is 0 Å². The summed E-state index contributed by atoms with van der Waals surface area (Å²) in [5.41, 5.74) is 1.72. The van der Waals surface area contributed by atoms with E-state index in [0.717, 1.165) is 13.1 Å². The lowest BCUT2D eigenvalue weighted by Crippen LogP contribution is -2.48. The van der Waals surface area contributed by atoms with Crippen LogP contribution in [0.1, 0.15) is 24.0 Å². The van der Waals surface area contributed by atoms with Crippen LogP contribution in [0.2, 0.25) is 0 Å². The molecular formula is C22H29NO4. The van der Waals surface area contributed by atoms with Crippen LogP contribution in [0.4, 0.5) is 0 Å². The van der Waals surface area contributed by atoms with E-state index in [1.54, 1.807) is 24.3 Å². The van der Waals surface area contributed by atoms with Gasteiger partial charge in [-0.1, -0.05) is 29.8 Å². The van der Waals surface area contributed by atoms with E-state index in [1.807, 2.05) is 0 Å². The van der Waals surface area contributed by atoms with E-state index in [2.05, 4.69) is 36.1 Å². The Bertz CT molecular complexity index is 706. The van der Waals surface area contributed by atoms with E-state index in [4.69, 9.17) is 4.74 Å². The van der Waals surface area contributed by atoms with Crippen LogP contribution in [0, 0.1) is 6.92 Å². The number of aliphatic hydroxyl groups excluding tert-OH is 1. The van der Waals surface area contributed by atoms with Crippen LogP contribution in [0.3, 0.4) is 0 Å². The van der Waals surface area contributed by atoms with Gasteiger partial charge in [0.25, 0.3) is 0 Å². The smallest absolute Gasteiger partial charge is 0.119 e. The number of nitrogens with zero attached hydrogens (tertiary/aromatic N) is 1. The standard InChI is InChI=1S/C22H29NO4/c1-17-2-4-18(5-3-17)14-22(26)10-12-23(13-11-22)15-20(25)16-27-21-8-6-19(24)7-9-21/h2-9,20,24-26H,10-16H2,1H3. The molecule has 0 bridgehead atoms. The minimum atomic E-state index is -0.667. The van der Waals surface area contributed by atoms with Gasteiger partial charge in [0.1, 0.15) is 24.2 Å². The summed E-state index contributed by atoms with van der Waals surface area (Å²) in [5, 5.41) is 30.4. The third kappa shape index (κ3) is 5.96. The molecule has 1 aliphatic heterocycles. The van der Waals surface area contributed by atoms with Gasteiger partial charge < -0.3 is 25.0 Å². The zero-order chi connectivity index (χ0) is 19.3. The molecule has 1 heterocycles. The van der Waals surface area contributed by atoms with Crippen LogP contribution in [-0.4, -0.2) is 58.2 Å². The topological polar surface area (TPSA) is 73.2 Å². The zero-order valence-electron chi connectivity index (χ0n) is 15.8. The Hall–Kier alpha value is -2.08. The second kappa shape index (κ2) is 8.74. The molecule has 5 heteroatoms. The summed E-state index contributed by atoms with van der Waals surface area (Å²) >= 11 is 0. The van der Waals surface area contributed by atoms with Crippen molar-refractivity contribution in [3.05, 3.63) is 59.7 Å². The quantitative estimate of drug-likeness (QED) is 0.697. The number of likely N-dealkylation sites (tertiary alicyclic amines) is 1. The van der Waals surface area contributed by atoms with Gasteiger partial charge in [-0.05, 0) is 49.6 Å². The van der Waals surface area contributed by atoms with E-state index in [9.17, 15) is 15.3 Å². The zero-order valence-corrected chi connectivity index (χ0v) is 15.8. The van der Waals surface area contributed by atoms with E-state index in [0.29, 0.717) is 31.6 Å². The average molecular weight is 371 g/mol. The van der Waals surface area contributed by atoms with Gasteiger partial charge in [0, 0.05) is 26.1 Å². The third-order valence-corrected chi connectivity index (χ3v) is 5.19. The number of phenolic OH excluding ortho intramolecular Hbond substituents is 1. The molecule has 1 saturated heterocycles. The molecule has 1 atom stereocenters. The minimum Gasteiger partial charge on any atom is -0.508 e. The summed E-state index contributed by atoms with van der Waals surface area (Å²) < 4.78 is 5.56. The SMILES string of the molecule is Cc1ccc(CC2(O)CCN(CC(O)COc3ccc(O)cc3)CC2)cc1. The number of phenols is 1. The highest BCUT2D eigenvalue weighted by molar-refractivity contribution is 5.30. The van der Waals surface area contributed by atoms with Crippen LogP contribution in [0.15, 0.2) is 48.5 Å². The van der Waals surface area contributed by atoms with Crippen molar-refractivity contribution in [2.45, 2.75) is 37.9 Å². The molecule has 0 radical (unpaired) electrons. The van der Waals surface area contributed by atoms with E-state index in [-0.39, 0.29) is 12.4 Å². The van der Waals surface area contributed by atoms with Gasteiger partial charge >= 0.3 is 0 Å². The lowest BCUT2D eigenvalue weighted by molar-refractivity contribution is -0.0325. The Morgan fingerprint density at radius 2 is 1.67 bits per heavy atom. The molecule has 0 aliphatic carbocycles. The lowest BCUT2D eigenvalue weighted by atomic mass is 9.85. The van der Waals surface area contributed by atoms with Gasteiger partial charge in [-0.25, -0.2) is 0 Å². The predicted molar refractivity (Wildman–Crippen MR) is 105 cm³/mol. The molecule has 1 aliphatic rings. The maximum Gasteiger partial charge on any atom is 0.119 e. The van der Waals surface area contributed by atoms with Crippen molar-refractivity contribution in [2.24, 2.45) is 0 Å². The highest BCUT2D eigenvalue weighted by Gasteiger charge is 2.32. The molecule has 0 aromatic heterocycles. The number of hydrogen-bond donors (Lipinski definition) is 3. The van der Waals surface area contributed by atoms with Crippen molar-refractivity contribution < 1.29 is 20.1 Å². The fourth-order valence-electron chi connectivity index (χ4n) is 3.50. The van der Waals surface area contributed by atoms with E-state index in [1.165, 1.54) is 11.1 Å². The van der Waals surface area contributed by atoms with Crippen LogP contribution in [0.25, 0.3) is 0 Å². The summed E-state index contributed by atoms with van der Waals surface area (Å²) in [7, 11) is 0. The molecule has 0 saturated carbocycles.